The molecule has 2 N–H and O–H groups in total. The summed E-state index contributed by atoms with van der Waals surface area (Å²) in [5.41, 5.74) is 6.00. The second-order valence-electron chi connectivity index (χ2n) is 6.17. The first kappa shape index (κ1) is 13.3. The van der Waals surface area contributed by atoms with Gasteiger partial charge in [0, 0.05) is 24.7 Å². The van der Waals surface area contributed by atoms with Crippen molar-refractivity contribution in [1.29, 1.82) is 0 Å². The van der Waals surface area contributed by atoms with E-state index in [1.54, 1.807) is 0 Å². The lowest BCUT2D eigenvalue weighted by Gasteiger charge is -2.48. The molecular formula is C14H29N3. The maximum atomic E-state index is 6.00. The van der Waals surface area contributed by atoms with Gasteiger partial charge in [0.2, 0.25) is 0 Å². The highest BCUT2D eigenvalue weighted by Gasteiger charge is 2.35. The van der Waals surface area contributed by atoms with E-state index in [9.17, 15) is 0 Å². The summed E-state index contributed by atoms with van der Waals surface area (Å²) in [4.78, 5) is 5.22. The molecule has 4 atom stereocenters. The summed E-state index contributed by atoms with van der Waals surface area (Å²) in [5, 5.41) is 0. The summed E-state index contributed by atoms with van der Waals surface area (Å²) in [6.45, 7) is 8.09. The second kappa shape index (κ2) is 5.68. The molecular weight excluding hydrogens is 210 g/mol. The third-order valence-corrected chi connectivity index (χ3v) is 5.05. The normalized spacial score (nSPS) is 41.6. The Hall–Kier alpha value is -0.120. The number of hydrogen-bond acceptors (Lipinski definition) is 3. The molecule has 2 rings (SSSR count). The van der Waals surface area contributed by atoms with Crippen LogP contribution in [0.25, 0.3) is 0 Å². The molecule has 0 aliphatic carbocycles. The quantitative estimate of drug-likeness (QED) is 0.793. The number of nitrogens with two attached hydrogens (primary N) is 1. The van der Waals surface area contributed by atoms with Crippen LogP contribution in [-0.2, 0) is 0 Å². The van der Waals surface area contributed by atoms with Gasteiger partial charge in [0.25, 0.3) is 0 Å². The monoisotopic (exact) mass is 239 g/mol. The highest BCUT2D eigenvalue weighted by Crippen LogP contribution is 2.29. The van der Waals surface area contributed by atoms with Crippen LogP contribution in [0.5, 0.6) is 0 Å². The van der Waals surface area contributed by atoms with Gasteiger partial charge in [0.15, 0.2) is 0 Å². The van der Waals surface area contributed by atoms with E-state index in [0.717, 1.165) is 24.5 Å². The topological polar surface area (TPSA) is 32.5 Å². The zero-order valence-electron chi connectivity index (χ0n) is 11.7. The predicted molar refractivity (Wildman–Crippen MR) is 73.1 cm³/mol. The molecule has 100 valence electrons. The van der Waals surface area contributed by atoms with Gasteiger partial charge >= 0.3 is 0 Å². The van der Waals surface area contributed by atoms with Crippen LogP contribution < -0.4 is 5.73 Å². The molecule has 3 heteroatoms. The van der Waals surface area contributed by atoms with Crippen molar-refractivity contribution in [3.63, 3.8) is 0 Å². The fourth-order valence-electron chi connectivity index (χ4n) is 3.67. The molecule has 4 unspecified atom stereocenters. The minimum absolute atomic E-state index is 0.629. The number of nitrogens with zero attached hydrogens (tertiary/aromatic N) is 2. The van der Waals surface area contributed by atoms with Gasteiger partial charge in [0.05, 0.1) is 0 Å². The fourth-order valence-corrected chi connectivity index (χ4v) is 3.67. The van der Waals surface area contributed by atoms with Crippen molar-refractivity contribution in [2.24, 2.45) is 11.7 Å². The first-order valence-corrected chi connectivity index (χ1v) is 7.29. The second-order valence-corrected chi connectivity index (χ2v) is 6.17. The standard InChI is InChI=1S/C14H29N3/c1-11-5-4-7-17(14(11)10-15)13-6-8-16(3)12(2)9-13/h11-14H,4-10,15H2,1-3H3. The van der Waals surface area contributed by atoms with Gasteiger partial charge in [-0.1, -0.05) is 6.92 Å². The average Bonchev–Trinajstić information content (AvgIpc) is 2.32. The van der Waals surface area contributed by atoms with Crippen LogP contribution in [0, 0.1) is 5.92 Å². The highest BCUT2D eigenvalue weighted by atomic mass is 15.2. The van der Waals surface area contributed by atoms with E-state index in [0.29, 0.717) is 6.04 Å². The molecule has 0 saturated carbocycles. The Morgan fingerprint density at radius 3 is 2.59 bits per heavy atom. The minimum atomic E-state index is 0.629. The Morgan fingerprint density at radius 2 is 1.94 bits per heavy atom. The van der Waals surface area contributed by atoms with Gasteiger partial charge in [-0.3, -0.25) is 4.90 Å². The molecule has 0 radical (unpaired) electrons. The molecule has 0 amide bonds. The summed E-state index contributed by atoms with van der Waals surface area (Å²) in [6, 6.07) is 2.13. The summed E-state index contributed by atoms with van der Waals surface area (Å²) in [7, 11) is 2.25. The van der Waals surface area contributed by atoms with E-state index >= 15 is 0 Å². The highest BCUT2D eigenvalue weighted by molar-refractivity contribution is 4.91. The Morgan fingerprint density at radius 1 is 1.18 bits per heavy atom. The smallest absolute Gasteiger partial charge is 0.0246 e. The Bertz CT molecular complexity index is 244. The molecule has 0 aromatic carbocycles. The largest absolute Gasteiger partial charge is 0.329 e. The van der Waals surface area contributed by atoms with Crippen molar-refractivity contribution in [3.8, 4) is 0 Å². The molecule has 2 saturated heterocycles. The van der Waals surface area contributed by atoms with Gasteiger partial charge in [-0.05, 0) is 58.7 Å². The molecule has 2 aliphatic rings. The van der Waals surface area contributed by atoms with Gasteiger partial charge < -0.3 is 10.6 Å². The summed E-state index contributed by atoms with van der Waals surface area (Å²) < 4.78 is 0. The van der Waals surface area contributed by atoms with E-state index in [4.69, 9.17) is 5.73 Å². The molecule has 2 fully saturated rings. The number of hydrogen-bond donors (Lipinski definition) is 1. The first-order chi connectivity index (χ1) is 8.13. The number of likely N-dealkylation sites (tertiary alicyclic amines) is 2. The Balaban J connectivity index is 2.00. The minimum Gasteiger partial charge on any atom is -0.329 e. The molecule has 2 heterocycles. The van der Waals surface area contributed by atoms with Gasteiger partial charge in [-0.15, -0.1) is 0 Å². The SMILES string of the molecule is CC1CCCN(C2CCN(C)C(C)C2)C1CN. The van der Waals surface area contributed by atoms with Gasteiger partial charge in [-0.25, -0.2) is 0 Å². The predicted octanol–water partition coefficient (Wildman–Crippen LogP) is 1.53. The van der Waals surface area contributed by atoms with Crippen molar-refractivity contribution >= 4 is 0 Å². The molecule has 2 aliphatic heterocycles. The van der Waals surface area contributed by atoms with Crippen LogP contribution in [0.1, 0.15) is 39.5 Å². The molecule has 0 spiro atoms. The maximum absolute atomic E-state index is 6.00. The lowest BCUT2D eigenvalue weighted by molar-refractivity contribution is 0.0188. The number of rotatable bonds is 2. The van der Waals surface area contributed by atoms with Crippen LogP contribution >= 0.6 is 0 Å². The van der Waals surface area contributed by atoms with E-state index in [-0.39, 0.29) is 0 Å². The average molecular weight is 239 g/mol. The van der Waals surface area contributed by atoms with Crippen LogP contribution in [0.2, 0.25) is 0 Å². The van der Waals surface area contributed by atoms with Crippen molar-refractivity contribution in [3.05, 3.63) is 0 Å². The van der Waals surface area contributed by atoms with Crippen LogP contribution in [0.3, 0.4) is 0 Å². The third-order valence-electron chi connectivity index (χ3n) is 5.05. The molecule has 3 nitrogen and oxygen atoms in total. The van der Waals surface area contributed by atoms with E-state index < -0.39 is 0 Å². The summed E-state index contributed by atoms with van der Waals surface area (Å²) in [5.74, 6) is 0.781. The summed E-state index contributed by atoms with van der Waals surface area (Å²) in [6.07, 6.45) is 5.36. The Kier molecular flexibility index (Phi) is 4.45. The van der Waals surface area contributed by atoms with Crippen LogP contribution in [-0.4, -0.2) is 54.6 Å². The van der Waals surface area contributed by atoms with E-state index in [1.807, 2.05) is 0 Å². The van der Waals surface area contributed by atoms with E-state index in [2.05, 4.69) is 30.7 Å². The zero-order chi connectivity index (χ0) is 12.4. The summed E-state index contributed by atoms with van der Waals surface area (Å²) >= 11 is 0. The number of piperidine rings is 2. The van der Waals surface area contributed by atoms with Crippen molar-refractivity contribution in [2.75, 3.05) is 26.7 Å². The lowest BCUT2D eigenvalue weighted by atomic mass is 9.86. The lowest BCUT2D eigenvalue weighted by Crippen LogP contribution is -2.56. The molecule has 0 aromatic heterocycles. The fraction of sp³-hybridized carbons (Fsp3) is 1.00. The van der Waals surface area contributed by atoms with Gasteiger partial charge in [0.1, 0.15) is 0 Å². The van der Waals surface area contributed by atoms with Crippen molar-refractivity contribution in [2.45, 2.75) is 57.7 Å². The third kappa shape index (κ3) is 2.83. The molecule has 0 bridgehead atoms. The maximum Gasteiger partial charge on any atom is 0.0246 e. The Labute approximate surface area is 106 Å². The molecule has 17 heavy (non-hydrogen) atoms. The van der Waals surface area contributed by atoms with Crippen molar-refractivity contribution in [1.82, 2.24) is 9.80 Å². The van der Waals surface area contributed by atoms with Crippen LogP contribution in [0.15, 0.2) is 0 Å². The molecule has 0 aromatic rings. The van der Waals surface area contributed by atoms with E-state index in [1.165, 1.54) is 38.8 Å². The van der Waals surface area contributed by atoms with Crippen molar-refractivity contribution < 1.29 is 0 Å². The van der Waals surface area contributed by atoms with Crippen LogP contribution in [0.4, 0.5) is 0 Å². The first-order valence-electron chi connectivity index (χ1n) is 7.29. The van der Waals surface area contributed by atoms with Gasteiger partial charge in [-0.2, -0.15) is 0 Å². The zero-order valence-corrected chi connectivity index (χ0v) is 11.7.